The van der Waals surface area contributed by atoms with Gasteiger partial charge in [0.1, 0.15) is 12.5 Å². The monoisotopic (exact) mass is 389 g/mol. The smallest absolute Gasteiger partial charge is 0.0776 e. The van der Waals surface area contributed by atoms with E-state index in [1.165, 1.54) is 27.1 Å². The molecule has 2 rings (SSSR count). The van der Waals surface area contributed by atoms with Crippen LogP contribution in [0.1, 0.15) is 96.4 Å². The molecule has 0 nitrogen and oxygen atoms in total. The molecule has 0 aliphatic heterocycles. The molecule has 0 bridgehead atoms. The third-order valence-corrected chi connectivity index (χ3v) is 5.85. The van der Waals surface area contributed by atoms with E-state index >= 15 is 0 Å². The van der Waals surface area contributed by atoms with Crippen LogP contribution in [0.4, 0.5) is 0 Å². The maximum absolute atomic E-state index is 2.40. The molecule has 0 atom stereocenters. The number of rotatable bonds is 4. The maximum atomic E-state index is 2.40. The van der Waals surface area contributed by atoms with Crippen LogP contribution in [-0.4, -0.2) is 12.5 Å². The van der Waals surface area contributed by atoms with Gasteiger partial charge in [-0.15, -0.1) is 0 Å². The minimum absolute atomic E-state index is 0. The summed E-state index contributed by atoms with van der Waals surface area (Å²) >= 11 is 0. The number of benzene rings is 2. The Balaban J connectivity index is 0. The average molecular weight is 390 g/mol. The Morgan fingerprint density at radius 3 is 1.33 bits per heavy atom. The van der Waals surface area contributed by atoms with Gasteiger partial charge in [-0.25, -0.2) is 0 Å². The van der Waals surface area contributed by atoms with E-state index in [1.54, 1.807) is 0 Å². The molecule has 0 N–H and O–H groups in total. The maximum Gasteiger partial charge on any atom is 0.154 e. The summed E-state index contributed by atoms with van der Waals surface area (Å²) in [7, 11) is 0.421. The summed E-state index contributed by atoms with van der Waals surface area (Å²) in [6.45, 7) is 16.0. The lowest BCUT2D eigenvalue weighted by molar-refractivity contribution is 0.792. The average Bonchev–Trinajstić information content (AvgIpc) is 2.55. The zero-order chi connectivity index (χ0) is 19.1. The minimum atomic E-state index is 0. The van der Waals surface area contributed by atoms with Gasteiger partial charge in [0, 0.05) is 10.9 Å². The number of hydrogen-bond donors (Lipinski definition) is 0. The summed E-state index contributed by atoms with van der Waals surface area (Å²) < 4.78 is 0. The van der Waals surface area contributed by atoms with Crippen molar-refractivity contribution in [3.8, 4) is 0 Å². The lowest BCUT2D eigenvalue weighted by Gasteiger charge is -2.20. The lowest BCUT2D eigenvalue weighted by Crippen LogP contribution is -2.03. The first-order valence-corrected chi connectivity index (χ1v) is 11.5. The summed E-state index contributed by atoms with van der Waals surface area (Å²) in [5.41, 5.74) is 6.03. The second-order valence-corrected chi connectivity index (χ2v) is 10.0. The summed E-state index contributed by atoms with van der Waals surface area (Å²) in [6, 6.07) is 15.4. The van der Waals surface area contributed by atoms with Crippen LogP contribution in [-0.2, 0) is 10.9 Å². The quantitative estimate of drug-likeness (QED) is 0.459. The fraction of sp³-hybridized carbons (Fsp3) is 0.538. The van der Waals surface area contributed by atoms with Crippen molar-refractivity contribution < 1.29 is 0 Å². The highest BCUT2D eigenvalue weighted by atomic mass is 32.2. The van der Waals surface area contributed by atoms with E-state index in [0.29, 0.717) is 28.6 Å². The molecular weight excluding hydrogens is 344 g/mol. The summed E-state index contributed by atoms with van der Waals surface area (Å²) in [5, 5.41) is 0. The normalized spacial score (nSPS) is 10.4. The van der Waals surface area contributed by atoms with Crippen molar-refractivity contribution in [3.63, 3.8) is 0 Å². The van der Waals surface area contributed by atoms with Gasteiger partial charge in [0.2, 0.25) is 0 Å². The van der Waals surface area contributed by atoms with E-state index < -0.39 is 0 Å². The van der Waals surface area contributed by atoms with Gasteiger partial charge < -0.3 is 0 Å². The molecule has 0 aliphatic rings. The van der Waals surface area contributed by atoms with Gasteiger partial charge in [0.25, 0.3) is 0 Å². The summed E-state index contributed by atoms with van der Waals surface area (Å²) in [4.78, 5) is 1.44. The van der Waals surface area contributed by atoms with Crippen molar-refractivity contribution in [1.29, 1.82) is 0 Å². The molecule has 0 aromatic heterocycles. The predicted molar refractivity (Wildman–Crippen MR) is 131 cm³/mol. The van der Waals surface area contributed by atoms with E-state index in [1.807, 2.05) is 0 Å². The molecule has 0 amide bonds. The van der Waals surface area contributed by atoms with Gasteiger partial charge in [0.15, 0.2) is 4.90 Å². The molecule has 0 heterocycles. The summed E-state index contributed by atoms with van der Waals surface area (Å²) in [5.74, 6) is 1.86. The highest BCUT2D eigenvalue weighted by molar-refractivity contribution is 7.95. The SMILES string of the molecule is C.C.C[S+](C)c1ccccc1.Cc1c(C(C)C)cc(C(C)C)cc1C(C)C. The Bertz CT molecular complexity index is 608. The Labute approximate surface area is 174 Å². The van der Waals surface area contributed by atoms with Crippen molar-refractivity contribution in [1.82, 2.24) is 0 Å². The van der Waals surface area contributed by atoms with E-state index in [9.17, 15) is 0 Å². The minimum Gasteiger partial charge on any atom is -0.0776 e. The largest absolute Gasteiger partial charge is 0.154 e. The van der Waals surface area contributed by atoms with Gasteiger partial charge in [-0.1, -0.05) is 86.7 Å². The molecule has 0 saturated heterocycles. The van der Waals surface area contributed by atoms with Crippen LogP contribution in [0, 0.1) is 6.92 Å². The molecule has 0 fully saturated rings. The predicted octanol–water partition coefficient (Wildman–Crippen LogP) is 8.56. The van der Waals surface area contributed by atoms with Gasteiger partial charge >= 0.3 is 0 Å². The van der Waals surface area contributed by atoms with Crippen molar-refractivity contribution in [2.45, 2.75) is 86.0 Å². The van der Waals surface area contributed by atoms with Crippen molar-refractivity contribution >= 4 is 10.9 Å². The topological polar surface area (TPSA) is 0 Å². The van der Waals surface area contributed by atoms with Crippen LogP contribution in [0.5, 0.6) is 0 Å². The zero-order valence-electron chi connectivity index (χ0n) is 17.7. The van der Waals surface area contributed by atoms with Crippen LogP contribution in [0.15, 0.2) is 47.4 Å². The molecule has 0 unspecified atom stereocenters. The van der Waals surface area contributed by atoms with Crippen molar-refractivity contribution in [2.24, 2.45) is 0 Å². The van der Waals surface area contributed by atoms with Crippen LogP contribution < -0.4 is 0 Å². The highest BCUT2D eigenvalue weighted by Gasteiger charge is 2.13. The third-order valence-electron chi connectivity index (χ3n) is 4.64. The Morgan fingerprint density at radius 2 is 1.07 bits per heavy atom. The van der Waals surface area contributed by atoms with Crippen molar-refractivity contribution in [3.05, 3.63) is 64.7 Å². The van der Waals surface area contributed by atoms with E-state index in [0.717, 1.165) is 0 Å². The first-order chi connectivity index (χ1) is 11.6. The number of hydrogen-bond acceptors (Lipinski definition) is 0. The van der Waals surface area contributed by atoms with E-state index in [2.05, 4.69) is 103 Å². The standard InChI is InChI=1S/C16H26.C8H11S.2CH4/c1-10(2)14-8-15(11(3)4)13(7)16(9-14)12(5)6;1-9(2)8-6-4-3-5-7-8;;/h8-12H,1-7H3;3-7H,1-2H3;2*1H4/q;+1;;. The molecule has 0 radical (unpaired) electrons. The van der Waals surface area contributed by atoms with Gasteiger partial charge in [-0.3, -0.25) is 0 Å². The Kier molecular flexibility index (Phi) is 13.5. The molecular formula is C26H45S+. The molecule has 1 heteroatoms. The Hall–Kier alpha value is -1.21. The lowest BCUT2D eigenvalue weighted by atomic mass is 9.85. The van der Waals surface area contributed by atoms with Crippen LogP contribution >= 0.6 is 0 Å². The van der Waals surface area contributed by atoms with Crippen molar-refractivity contribution in [2.75, 3.05) is 12.5 Å². The van der Waals surface area contributed by atoms with E-state index in [4.69, 9.17) is 0 Å². The van der Waals surface area contributed by atoms with E-state index in [-0.39, 0.29) is 14.9 Å². The highest BCUT2D eigenvalue weighted by Crippen LogP contribution is 2.31. The zero-order valence-corrected chi connectivity index (χ0v) is 18.5. The summed E-state index contributed by atoms with van der Waals surface area (Å²) in [6.07, 6.45) is 4.46. The second kappa shape index (κ2) is 13.0. The van der Waals surface area contributed by atoms with Gasteiger partial charge in [-0.2, -0.15) is 0 Å². The van der Waals surface area contributed by atoms with Crippen LogP contribution in [0.3, 0.4) is 0 Å². The van der Waals surface area contributed by atoms with Crippen LogP contribution in [0.2, 0.25) is 0 Å². The van der Waals surface area contributed by atoms with Crippen LogP contribution in [0.25, 0.3) is 0 Å². The van der Waals surface area contributed by atoms with Gasteiger partial charge in [-0.05, 0) is 59.1 Å². The van der Waals surface area contributed by atoms with Gasteiger partial charge in [0.05, 0.1) is 0 Å². The molecule has 0 aliphatic carbocycles. The first-order valence-electron chi connectivity index (χ1n) is 9.42. The first kappa shape index (κ1) is 28.0. The molecule has 154 valence electrons. The third kappa shape index (κ3) is 8.56. The second-order valence-electron chi connectivity index (χ2n) is 7.92. The molecule has 2 aromatic carbocycles. The fourth-order valence-corrected chi connectivity index (χ4v) is 3.71. The Morgan fingerprint density at radius 1 is 0.667 bits per heavy atom. The fourth-order valence-electron chi connectivity index (χ4n) is 3.01. The molecule has 0 saturated carbocycles. The molecule has 0 spiro atoms. The molecule has 2 aromatic rings. The molecule has 27 heavy (non-hydrogen) atoms.